The number of furan rings is 1. The monoisotopic (exact) mass is 534 g/mol. The van der Waals surface area contributed by atoms with E-state index in [1.165, 1.54) is 0 Å². The molecule has 7 N–H and O–H groups in total. The molecule has 6 aromatic rings. The summed E-state index contributed by atoms with van der Waals surface area (Å²) in [6.07, 6.45) is 0. The molecule has 0 aliphatic carbocycles. The zero-order valence-electron chi connectivity index (χ0n) is 17.5. The van der Waals surface area contributed by atoms with Crippen molar-refractivity contribution in [1.29, 1.82) is 0 Å². The molecule has 0 unspecified atom stereocenters. The van der Waals surface area contributed by atoms with Gasteiger partial charge in [0.25, 0.3) is 0 Å². The van der Waals surface area contributed by atoms with Gasteiger partial charge in [-0.15, -0.1) is 0 Å². The Morgan fingerprint density at radius 1 is 0.457 bits per heavy atom. The summed E-state index contributed by atoms with van der Waals surface area (Å²) >= 11 is 3.65. The average molecular weight is 535 g/mol. The molecule has 8 nitrogen and oxygen atoms in total. The van der Waals surface area contributed by atoms with Crippen molar-refractivity contribution >= 4 is 59.4 Å². The second-order valence-corrected chi connectivity index (χ2v) is 8.90. The molecule has 5 aromatic carbocycles. The van der Waals surface area contributed by atoms with Gasteiger partial charge in [-0.1, -0.05) is 48.5 Å². The maximum Gasteiger partial charge on any atom is 0.208 e. The van der Waals surface area contributed by atoms with Crippen molar-refractivity contribution in [2.24, 2.45) is 0 Å². The van der Waals surface area contributed by atoms with E-state index in [4.69, 9.17) is 4.42 Å². The number of hydrogen-bond acceptors (Lipinski definition) is 8. The summed E-state index contributed by atoms with van der Waals surface area (Å²) in [5.41, 5.74) is -0.228. The van der Waals surface area contributed by atoms with Gasteiger partial charge in [0.15, 0.2) is 28.4 Å². The molecule has 174 valence electrons. The molecule has 0 bridgehead atoms. The molecule has 0 saturated carbocycles. The van der Waals surface area contributed by atoms with E-state index in [1.54, 1.807) is 12.1 Å². The molecule has 0 radical (unpaired) electrons. The molecule has 1 heterocycles. The maximum absolute atomic E-state index is 11.1. The van der Waals surface area contributed by atoms with E-state index >= 15 is 0 Å². The fourth-order valence-electron chi connectivity index (χ4n) is 4.71. The van der Waals surface area contributed by atoms with E-state index in [1.807, 2.05) is 36.4 Å². The summed E-state index contributed by atoms with van der Waals surface area (Å²) in [6, 6.07) is 14.7. The van der Waals surface area contributed by atoms with Gasteiger partial charge in [-0.2, -0.15) is 0 Å². The second-order valence-electron chi connectivity index (χ2n) is 8.11. The third kappa shape index (κ3) is 2.55. The van der Waals surface area contributed by atoms with E-state index in [2.05, 4.69) is 15.9 Å². The number of rotatable bonds is 1. The van der Waals surface area contributed by atoms with E-state index in [-0.39, 0.29) is 21.9 Å². The first-order valence-corrected chi connectivity index (χ1v) is 11.1. The number of phenolic OH excluding ortho intramolecular Hbond substituents is 7. The van der Waals surface area contributed by atoms with Gasteiger partial charge in [0.1, 0.15) is 0 Å². The van der Waals surface area contributed by atoms with Gasteiger partial charge in [-0.25, -0.2) is 0 Å². The number of aromatic hydroxyl groups is 7. The Balaban J connectivity index is 1.95. The smallest absolute Gasteiger partial charge is 0.208 e. The molecule has 0 fully saturated rings. The van der Waals surface area contributed by atoms with Crippen LogP contribution in [-0.2, 0) is 0 Å². The van der Waals surface area contributed by atoms with Crippen LogP contribution in [0.25, 0.3) is 54.6 Å². The van der Waals surface area contributed by atoms with Crippen LogP contribution < -0.4 is 0 Å². The number of halogens is 1. The lowest BCUT2D eigenvalue weighted by molar-refractivity contribution is 0.348. The topological polar surface area (TPSA) is 155 Å². The Labute approximate surface area is 203 Å². The van der Waals surface area contributed by atoms with E-state index in [9.17, 15) is 35.7 Å². The van der Waals surface area contributed by atoms with Crippen LogP contribution in [-0.4, -0.2) is 35.7 Å². The molecule has 0 aliphatic rings. The molecular weight excluding hydrogens is 520 g/mol. The molecule has 1 aromatic heterocycles. The Morgan fingerprint density at radius 3 is 1.43 bits per heavy atom. The lowest BCUT2D eigenvalue weighted by Gasteiger charge is -2.16. The van der Waals surface area contributed by atoms with Crippen molar-refractivity contribution in [3.8, 4) is 51.4 Å². The summed E-state index contributed by atoms with van der Waals surface area (Å²) < 4.78 is 6.61. The molecular formula is C26H15BrO8. The van der Waals surface area contributed by atoms with Crippen LogP contribution in [0.3, 0.4) is 0 Å². The van der Waals surface area contributed by atoms with Crippen LogP contribution in [0.2, 0.25) is 0 Å². The first kappa shape index (κ1) is 21.1. The standard InChI is InChI=1S/C26H15BrO8/c27-17-11-7-3-1-5-9(11)13(10-6-2-4-8-12(10)17)14-18(28)21(31)19(29)15-16-20(30)22(32)23(33)24(34)26(16)35-25(14)15/h1-8,28-34H. The number of benzene rings is 5. The Bertz CT molecular complexity index is 1830. The van der Waals surface area contributed by atoms with Crippen LogP contribution in [0.5, 0.6) is 40.2 Å². The van der Waals surface area contributed by atoms with Crippen molar-refractivity contribution in [1.82, 2.24) is 0 Å². The molecule has 0 atom stereocenters. The van der Waals surface area contributed by atoms with E-state index in [0.29, 0.717) is 16.3 Å². The maximum atomic E-state index is 11.1. The summed E-state index contributed by atoms with van der Waals surface area (Å²) in [6.45, 7) is 0. The normalized spacial score (nSPS) is 11.8. The fourth-order valence-corrected chi connectivity index (χ4v) is 5.40. The van der Waals surface area contributed by atoms with Crippen molar-refractivity contribution in [2.45, 2.75) is 0 Å². The van der Waals surface area contributed by atoms with Crippen molar-refractivity contribution in [3.05, 3.63) is 53.0 Å². The predicted molar refractivity (Wildman–Crippen MR) is 134 cm³/mol. The van der Waals surface area contributed by atoms with Crippen LogP contribution in [0.15, 0.2) is 57.4 Å². The van der Waals surface area contributed by atoms with E-state index < -0.39 is 45.8 Å². The van der Waals surface area contributed by atoms with Crippen molar-refractivity contribution < 1.29 is 40.2 Å². The van der Waals surface area contributed by atoms with Crippen LogP contribution in [0.1, 0.15) is 0 Å². The van der Waals surface area contributed by atoms with Gasteiger partial charge in [-0.05, 0) is 37.5 Å². The number of hydrogen-bond donors (Lipinski definition) is 7. The zero-order valence-corrected chi connectivity index (χ0v) is 19.1. The molecule has 35 heavy (non-hydrogen) atoms. The molecule has 0 aliphatic heterocycles. The highest BCUT2D eigenvalue weighted by Gasteiger charge is 2.32. The summed E-state index contributed by atoms with van der Waals surface area (Å²) in [5, 5.41) is 75.8. The van der Waals surface area contributed by atoms with Gasteiger partial charge in [0.2, 0.25) is 23.0 Å². The lowest BCUT2D eigenvalue weighted by Crippen LogP contribution is -1.90. The molecule has 0 spiro atoms. The minimum absolute atomic E-state index is 0.0239. The van der Waals surface area contributed by atoms with Gasteiger partial charge in [0.05, 0.1) is 16.3 Å². The van der Waals surface area contributed by atoms with Crippen molar-refractivity contribution in [2.75, 3.05) is 0 Å². The summed E-state index contributed by atoms with van der Waals surface area (Å²) in [7, 11) is 0. The van der Waals surface area contributed by atoms with Gasteiger partial charge >= 0.3 is 0 Å². The SMILES string of the molecule is Oc1c(O)c(O)c2c(oc3c(-c4c5ccccc5c(Br)c5ccccc45)c(O)c(O)c(O)c32)c1O. The minimum atomic E-state index is -1.04. The largest absolute Gasteiger partial charge is 0.504 e. The van der Waals surface area contributed by atoms with Crippen LogP contribution in [0.4, 0.5) is 0 Å². The third-order valence-electron chi connectivity index (χ3n) is 6.30. The quantitative estimate of drug-likeness (QED) is 0.0739. The molecule has 0 saturated heterocycles. The molecule has 9 heteroatoms. The predicted octanol–water partition coefficient (Wildman–Crippen LogP) is 6.26. The average Bonchev–Trinajstić information content (AvgIpc) is 3.27. The van der Waals surface area contributed by atoms with Crippen molar-refractivity contribution in [3.63, 3.8) is 0 Å². The summed E-state index contributed by atoms with van der Waals surface area (Å²) in [4.78, 5) is 0. The highest BCUT2D eigenvalue weighted by atomic mass is 79.9. The zero-order chi connectivity index (χ0) is 24.8. The highest BCUT2D eigenvalue weighted by Crippen LogP contribution is 2.59. The minimum Gasteiger partial charge on any atom is -0.504 e. The Kier molecular flexibility index (Phi) is 4.21. The number of fused-ring (bicyclic) bond motifs is 5. The van der Waals surface area contributed by atoms with Gasteiger partial charge in [-0.3, -0.25) is 0 Å². The summed E-state index contributed by atoms with van der Waals surface area (Å²) in [5.74, 6) is -6.26. The van der Waals surface area contributed by atoms with Gasteiger partial charge < -0.3 is 40.2 Å². The lowest BCUT2D eigenvalue weighted by atomic mass is 9.90. The first-order valence-electron chi connectivity index (χ1n) is 10.3. The second kappa shape index (κ2) is 7.00. The van der Waals surface area contributed by atoms with Crippen LogP contribution in [0, 0.1) is 0 Å². The Hall–Kier alpha value is -4.50. The Morgan fingerprint density at radius 2 is 0.886 bits per heavy atom. The first-order chi connectivity index (χ1) is 16.7. The fraction of sp³-hybridized carbons (Fsp3) is 0. The number of phenols is 7. The molecule has 0 amide bonds. The van der Waals surface area contributed by atoms with Crippen LogP contribution >= 0.6 is 15.9 Å². The highest BCUT2D eigenvalue weighted by molar-refractivity contribution is 9.10. The third-order valence-corrected chi connectivity index (χ3v) is 7.15. The molecule has 6 rings (SSSR count). The van der Waals surface area contributed by atoms with E-state index in [0.717, 1.165) is 15.2 Å². The van der Waals surface area contributed by atoms with Gasteiger partial charge in [0, 0.05) is 10.0 Å².